The van der Waals surface area contributed by atoms with Crippen LogP contribution in [0.2, 0.25) is 0 Å². The Morgan fingerprint density at radius 3 is 2.42 bits per heavy atom. The smallest absolute Gasteiger partial charge is 0.262 e. The minimum absolute atomic E-state index is 0.138. The number of nitrogens with zero attached hydrogens (tertiary/aromatic N) is 1. The summed E-state index contributed by atoms with van der Waals surface area (Å²) in [6.45, 7) is 5.38. The topological polar surface area (TPSA) is 123 Å². The number of carbonyl (C=O) groups is 3. The van der Waals surface area contributed by atoms with Crippen molar-refractivity contribution in [2.75, 3.05) is 6.61 Å². The van der Waals surface area contributed by atoms with Gasteiger partial charge in [-0.25, -0.2) is 5.43 Å². The first kappa shape index (κ1) is 24.1. The molecule has 1 unspecified atom stereocenters. The molecule has 164 valence electrons. The summed E-state index contributed by atoms with van der Waals surface area (Å²) in [5.41, 5.74) is 9.73. The molecule has 1 atom stereocenters. The Balaban J connectivity index is 1.98. The van der Waals surface area contributed by atoms with Crippen LogP contribution in [-0.2, 0) is 9.59 Å². The van der Waals surface area contributed by atoms with Crippen molar-refractivity contribution in [2.45, 2.75) is 26.8 Å². The van der Waals surface area contributed by atoms with Gasteiger partial charge in [-0.1, -0.05) is 31.5 Å². The fraction of sp³-hybridized carbons (Fsp3) is 0.273. The molecule has 3 amide bonds. The van der Waals surface area contributed by atoms with Crippen LogP contribution in [0.5, 0.6) is 5.75 Å². The molecular formula is C22H25BrN4O4. The number of halogens is 1. The van der Waals surface area contributed by atoms with Gasteiger partial charge in [-0.3, -0.25) is 14.4 Å². The number of benzene rings is 2. The number of rotatable bonds is 9. The Morgan fingerprint density at radius 1 is 1.16 bits per heavy atom. The van der Waals surface area contributed by atoms with E-state index in [4.69, 9.17) is 10.5 Å². The second-order valence-corrected chi connectivity index (χ2v) is 8.09. The van der Waals surface area contributed by atoms with Gasteiger partial charge in [0, 0.05) is 5.56 Å². The largest absolute Gasteiger partial charge is 0.483 e. The van der Waals surface area contributed by atoms with Crippen molar-refractivity contribution < 1.29 is 19.1 Å². The SMILES string of the molecule is Cc1ccc(C(=O)NC(C(=O)NN=Cc2ccc(OCC(N)=O)c(Br)c2)C(C)C)cc1. The van der Waals surface area contributed by atoms with E-state index in [1.54, 1.807) is 30.3 Å². The fourth-order valence-electron chi connectivity index (χ4n) is 2.57. The molecule has 2 aromatic carbocycles. The van der Waals surface area contributed by atoms with E-state index >= 15 is 0 Å². The molecule has 0 radical (unpaired) electrons. The molecule has 2 rings (SSSR count). The van der Waals surface area contributed by atoms with E-state index in [0.717, 1.165) is 5.56 Å². The van der Waals surface area contributed by atoms with Gasteiger partial charge in [-0.15, -0.1) is 0 Å². The van der Waals surface area contributed by atoms with Crippen molar-refractivity contribution in [3.8, 4) is 5.75 Å². The van der Waals surface area contributed by atoms with Crippen LogP contribution in [-0.4, -0.2) is 36.6 Å². The molecule has 0 spiro atoms. The average Bonchev–Trinajstić information content (AvgIpc) is 2.71. The Hall–Kier alpha value is -3.20. The van der Waals surface area contributed by atoms with Gasteiger partial charge in [0.2, 0.25) is 0 Å². The third-order valence-corrected chi connectivity index (χ3v) is 4.88. The summed E-state index contributed by atoms with van der Waals surface area (Å²) in [5, 5.41) is 6.72. The van der Waals surface area contributed by atoms with Crippen LogP contribution in [0.15, 0.2) is 52.0 Å². The van der Waals surface area contributed by atoms with Crippen LogP contribution >= 0.6 is 15.9 Å². The van der Waals surface area contributed by atoms with E-state index < -0.39 is 17.9 Å². The summed E-state index contributed by atoms with van der Waals surface area (Å²) in [6.07, 6.45) is 1.46. The highest BCUT2D eigenvalue weighted by Crippen LogP contribution is 2.25. The predicted molar refractivity (Wildman–Crippen MR) is 122 cm³/mol. The highest BCUT2D eigenvalue weighted by molar-refractivity contribution is 9.10. The number of hydrazone groups is 1. The fourth-order valence-corrected chi connectivity index (χ4v) is 3.08. The highest BCUT2D eigenvalue weighted by atomic mass is 79.9. The molecule has 31 heavy (non-hydrogen) atoms. The Kier molecular flexibility index (Phi) is 8.75. The van der Waals surface area contributed by atoms with Crippen molar-refractivity contribution >= 4 is 39.9 Å². The lowest BCUT2D eigenvalue weighted by atomic mass is 10.0. The highest BCUT2D eigenvalue weighted by Gasteiger charge is 2.24. The van der Waals surface area contributed by atoms with Gasteiger partial charge in [-0.2, -0.15) is 5.10 Å². The molecule has 0 heterocycles. The van der Waals surface area contributed by atoms with Crippen molar-refractivity contribution in [1.82, 2.24) is 10.7 Å². The lowest BCUT2D eigenvalue weighted by Crippen LogP contribution is -2.48. The van der Waals surface area contributed by atoms with Gasteiger partial charge in [0.25, 0.3) is 17.7 Å². The molecule has 0 bridgehead atoms. The van der Waals surface area contributed by atoms with Crippen LogP contribution in [0.3, 0.4) is 0 Å². The maximum atomic E-state index is 12.6. The van der Waals surface area contributed by atoms with Gasteiger partial charge in [0.15, 0.2) is 6.61 Å². The Morgan fingerprint density at radius 2 is 1.84 bits per heavy atom. The van der Waals surface area contributed by atoms with Crippen LogP contribution in [0, 0.1) is 12.8 Å². The molecule has 9 heteroatoms. The first-order chi connectivity index (χ1) is 14.7. The van der Waals surface area contributed by atoms with Crippen molar-refractivity contribution in [3.05, 3.63) is 63.6 Å². The van der Waals surface area contributed by atoms with E-state index in [1.807, 2.05) is 32.9 Å². The molecular weight excluding hydrogens is 464 g/mol. The minimum atomic E-state index is -0.748. The number of hydrogen-bond acceptors (Lipinski definition) is 5. The quantitative estimate of drug-likeness (QED) is 0.370. The number of nitrogens with two attached hydrogens (primary N) is 1. The molecule has 0 saturated carbocycles. The van der Waals surface area contributed by atoms with Crippen molar-refractivity contribution in [3.63, 3.8) is 0 Å². The summed E-state index contributed by atoms with van der Waals surface area (Å²) in [7, 11) is 0. The standard InChI is InChI=1S/C22H25BrN4O4/c1-13(2)20(26-21(29)16-7-4-14(3)5-8-16)22(30)27-25-11-15-6-9-18(17(23)10-15)31-12-19(24)28/h4-11,13,20H,12H2,1-3H3,(H2,24,28)(H,26,29)(H,27,30). The van der Waals surface area contributed by atoms with E-state index in [1.165, 1.54) is 6.21 Å². The normalized spacial score (nSPS) is 11.9. The molecule has 0 aromatic heterocycles. The zero-order chi connectivity index (χ0) is 23.0. The second-order valence-electron chi connectivity index (χ2n) is 7.24. The van der Waals surface area contributed by atoms with E-state index in [-0.39, 0.29) is 18.4 Å². The van der Waals surface area contributed by atoms with Gasteiger partial charge >= 0.3 is 0 Å². The first-order valence-electron chi connectivity index (χ1n) is 9.58. The summed E-state index contributed by atoms with van der Waals surface area (Å²) in [5.74, 6) is -1.01. The number of amides is 3. The molecule has 8 nitrogen and oxygen atoms in total. The maximum Gasteiger partial charge on any atom is 0.262 e. The number of aryl methyl sites for hydroxylation is 1. The van der Waals surface area contributed by atoms with Gasteiger partial charge in [0.05, 0.1) is 10.7 Å². The zero-order valence-corrected chi connectivity index (χ0v) is 19.1. The lowest BCUT2D eigenvalue weighted by Gasteiger charge is -2.20. The summed E-state index contributed by atoms with van der Waals surface area (Å²) in [6, 6.07) is 11.4. The molecule has 0 aliphatic heterocycles. The number of carbonyl (C=O) groups excluding carboxylic acids is 3. The monoisotopic (exact) mass is 488 g/mol. The third kappa shape index (κ3) is 7.53. The number of nitrogens with one attached hydrogen (secondary N) is 2. The molecule has 4 N–H and O–H groups in total. The zero-order valence-electron chi connectivity index (χ0n) is 17.5. The van der Waals surface area contributed by atoms with Crippen molar-refractivity contribution in [1.29, 1.82) is 0 Å². The number of hydrogen-bond donors (Lipinski definition) is 3. The van der Waals surface area contributed by atoms with Crippen LogP contribution in [0.1, 0.15) is 35.3 Å². The van der Waals surface area contributed by atoms with Gasteiger partial charge < -0.3 is 15.8 Å². The predicted octanol–water partition coefficient (Wildman–Crippen LogP) is 2.53. The van der Waals surface area contributed by atoms with Gasteiger partial charge in [0.1, 0.15) is 11.8 Å². The number of primary amides is 1. The summed E-state index contributed by atoms with van der Waals surface area (Å²) >= 11 is 3.34. The first-order valence-corrected chi connectivity index (χ1v) is 10.4. The van der Waals surface area contributed by atoms with Gasteiger partial charge in [-0.05, 0) is 64.7 Å². The third-order valence-electron chi connectivity index (χ3n) is 4.26. The summed E-state index contributed by atoms with van der Waals surface area (Å²) < 4.78 is 5.86. The van der Waals surface area contributed by atoms with E-state index in [9.17, 15) is 14.4 Å². The molecule has 0 fully saturated rings. The lowest BCUT2D eigenvalue weighted by molar-refractivity contribution is -0.124. The summed E-state index contributed by atoms with van der Waals surface area (Å²) in [4.78, 5) is 35.8. The average molecular weight is 489 g/mol. The van der Waals surface area contributed by atoms with E-state index in [2.05, 4.69) is 31.8 Å². The molecule has 2 aromatic rings. The molecule has 0 saturated heterocycles. The Labute approximate surface area is 189 Å². The van der Waals surface area contributed by atoms with E-state index in [0.29, 0.717) is 21.3 Å². The second kappa shape index (κ2) is 11.3. The maximum absolute atomic E-state index is 12.6. The minimum Gasteiger partial charge on any atom is -0.483 e. The van der Waals surface area contributed by atoms with Crippen molar-refractivity contribution in [2.24, 2.45) is 16.8 Å². The van der Waals surface area contributed by atoms with Crippen LogP contribution < -0.4 is 21.2 Å². The van der Waals surface area contributed by atoms with Crippen LogP contribution in [0.25, 0.3) is 0 Å². The molecule has 0 aliphatic carbocycles. The number of ether oxygens (including phenoxy) is 1. The Bertz CT molecular complexity index is 974. The molecule has 0 aliphatic rings. The van der Waals surface area contributed by atoms with Crippen LogP contribution in [0.4, 0.5) is 0 Å².